The molecule has 136 valence electrons. The van der Waals surface area contributed by atoms with Crippen LogP contribution >= 0.6 is 0 Å². The fourth-order valence-electron chi connectivity index (χ4n) is 3.31. The summed E-state index contributed by atoms with van der Waals surface area (Å²) >= 11 is 0. The van der Waals surface area contributed by atoms with E-state index in [1.165, 1.54) is 6.20 Å². The Balaban J connectivity index is 1.83. The molecule has 0 aliphatic carbocycles. The summed E-state index contributed by atoms with van der Waals surface area (Å²) in [4.78, 5) is 31.3. The summed E-state index contributed by atoms with van der Waals surface area (Å²) in [5.74, 6) is -0.0313. The van der Waals surface area contributed by atoms with Crippen LogP contribution in [-0.4, -0.2) is 34.8 Å². The molecule has 5 heteroatoms. The lowest BCUT2D eigenvalue weighted by Gasteiger charge is -2.17. The van der Waals surface area contributed by atoms with Crippen LogP contribution in [0.2, 0.25) is 0 Å². The number of likely N-dealkylation sites (tertiary alicyclic amines) is 1. The number of carbonyl (C=O) groups is 2. The summed E-state index contributed by atoms with van der Waals surface area (Å²) in [7, 11) is 0. The van der Waals surface area contributed by atoms with E-state index >= 15 is 0 Å². The van der Waals surface area contributed by atoms with Gasteiger partial charge in [-0.1, -0.05) is 32.0 Å². The molecule has 0 radical (unpaired) electrons. The van der Waals surface area contributed by atoms with Crippen LogP contribution in [0.3, 0.4) is 0 Å². The largest absolute Gasteiger partial charge is 0.339 e. The highest BCUT2D eigenvalue weighted by atomic mass is 16.2. The Bertz CT molecular complexity index is 824. The number of amides is 2. The Morgan fingerprint density at radius 1 is 1.15 bits per heavy atom. The number of nitrogens with zero attached hydrogens (tertiary/aromatic N) is 2. The van der Waals surface area contributed by atoms with E-state index < -0.39 is 0 Å². The zero-order chi connectivity index (χ0) is 18.7. The third-order valence-electron chi connectivity index (χ3n) is 4.80. The molecule has 1 aliphatic heterocycles. The fourth-order valence-corrected chi connectivity index (χ4v) is 3.31. The number of carbonyl (C=O) groups excluding carboxylic acids is 2. The summed E-state index contributed by atoms with van der Waals surface area (Å²) in [6.07, 6.45) is 3.60. The maximum absolute atomic E-state index is 12.7. The van der Waals surface area contributed by atoms with Gasteiger partial charge in [0.25, 0.3) is 11.8 Å². The second-order valence-electron chi connectivity index (χ2n) is 7.08. The molecule has 26 heavy (non-hydrogen) atoms. The van der Waals surface area contributed by atoms with Gasteiger partial charge >= 0.3 is 0 Å². The lowest BCUT2D eigenvalue weighted by atomic mass is 9.98. The van der Waals surface area contributed by atoms with Crippen molar-refractivity contribution in [2.24, 2.45) is 0 Å². The van der Waals surface area contributed by atoms with Gasteiger partial charge in [0.15, 0.2) is 0 Å². The van der Waals surface area contributed by atoms with Crippen LogP contribution in [0.1, 0.15) is 64.6 Å². The number of nitrogens with one attached hydrogen (secondary N) is 1. The molecule has 3 rings (SSSR count). The van der Waals surface area contributed by atoms with Crippen molar-refractivity contribution in [2.45, 2.75) is 39.5 Å². The molecule has 1 N–H and O–H groups in total. The van der Waals surface area contributed by atoms with Crippen LogP contribution in [0.15, 0.2) is 36.5 Å². The number of aryl methyl sites for hydroxylation is 1. The van der Waals surface area contributed by atoms with E-state index in [1.807, 2.05) is 30.0 Å². The lowest BCUT2D eigenvalue weighted by molar-refractivity contribution is 0.0792. The summed E-state index contributed by atoms with van der Waals surface area (Å²) in [5.41, 5.74) is 3.69. The number of para-hydroxylation sites is 1. The Kier molecular flexibility index (Phi) is 5.35. The molecule has 2 aromatic rings. The van der Waals surface area contributed by atoms with E-state index in [4.69, 9.17) is 0 Å². The minimum Gasteiger partial charge on any atom is -0.339 e. The lowest BCUT2D eigenvalue weighted by Crippen LogP contribution is -2.28. The molecule has 0 unspecified atom stereocenters. The Morgan fingerprint density at radius 2 is 1.88 bits per heavy atom. The van der Waals surface area contributed by atoms with Crippen LogP contribution in [-0.2, 0) is 0 Å². The molecular weight excluding hydrogens is 326 g/mol. The molecule has 1 aromatic carbocycles. The highest BCUT2D eigenvalue weighted by molar-refractivity contribution is 6.05. The van der Waals surface area contributed by atoms with E-state index in [0.29, 0.717) is 11.5 Å². The van der Waals surface area contributed by atoms with Crippen molar-refractivity contribution >= 4 is 17.5 Å². The molecule has 0 saturated carbocycles. The second kappa shape index (κ2) is 7.68. The van der Waals surface area contributed by atoms with Gasteiger partial charge in [-0.15, -0.1) is 0 Å². The molecule has 0 atom stereocenters. The third kappa shape index (κ3) is 3.77. The zero-order valence-corrected chi connectivity index (χ0v) is 15.6. The highest BCUT2D eigenvalue weighted by Gasteiger charge is 2.21. The van der Waals surface area contributed by atoms with Crippen molar-refractivity contribution in [2.75, 3.05) is 18.4 Å². The minimum atomic E-state index is -0.294. The van der Waals surface area contributed by atoms with Gasteiger partial charge in [0.2, 0.25) is 0 Å². The van der Waals surface area contributed by atoms with E-state index in [1.54, 1.807) is 12.1 Å². The van der Waals surface area contributed by atoms with E-state index in [0.717, 1.165) is 42.7 Å². The van der Waals surface area contributed by atoms with Crippen molar-refractivity contribution in [1.82, 2.24) is 9.88 Å². The Labute approximate surface area is 154 Å². The van der Waals surface area contributed by atoms with Crippen LogP contribution in [0.4, 0.5) is 5.69 Å². The molecule has 0 spiro atoms. The van der Waals surface area contributed by atoms with Gasteiger partial charge in [-0.25, -0.2) is 0 Å². The number of hydrogen-bond acceptors (Lipinski definition) is 3. The summed E-state index contributed by atoms with van der Waals surface area (Å²) < 4.78 is 0. The number of anilines is 1. The van der Waals surface area contributed by atoms with Crippen LogP contribution in [0.5, 0.6) is 0 Å². The number of benzene rings is 1. The molecule has 0 bridgehead atoms. The molecule has 1 aliphatic rings. The average Bonchev–Trinajstić information content (AvgIpc) is 3.17. The minimum absolute atomic E-state index is 0.0299. The smallest absolute Gasteiger partial charge is 0.274 e. The van der Waals surface area contributed by atoms with E-state index in [-0.39, 0.29) is 17.5 Å². The third-order valence-corrected chi connectivity index (χ3v) is 4.80. The maximum atomic E-state index is 12.7. The second-order valence-corrected chi connectivity index (χ2v) is 7.08. The van der Waals surface area contributed by atoms with Gasteiger partial charge in [-0.05, 0) is 48.9 Å². The normalized spacial score (nSPS) is 13.9. The predicted molar refractivity (Wildman–Crippen MR) is 103 cm³/mol. The molecular formula is C21H25N3O2. The fraction of sp³-hybridized carbons (Fsp3) is 0.381. The first-order chi connectivity index (χ1) is 12.5. The monoisotopic (exact) mass is 351 g/mol. The number of rotatable bonds is 4. The topological polar surface area (TPSA) is 62.3 Å². The van der Waals surface area contributed by atoms with Gasteiger partial charge in [0.05, 0.1) is 0 Å². The van der Waals surface area contributed by atoms with Crippen LogP contribution in [0.25, 0.3) is 0 Å². The van der Waals surface area contributed by atoms with Crippen molar-refractivity contribution in [3.05, 3.63) is 58.9 Å². The first kappa shape index (κ1) is 18.1. The maximum Gasteiger partial charge on any atom is 0.274 e. The van der Waals surface area contributed by atoms with Crippen molar-refractivity contribution in [1.29, 1.82) is 0 Å². The Morgan fingerprint density at radius 3 is 2.58 bits per heavy atom. The summed E-state index contributed by atoms with van der Waals surface area (Å²) in [6.45, 7) is 7.73. The highest BCUT2D eigenvalue weighted by Crippen LogP contribution is 2.27. The van der Waals surface area contributed by atoms with Gasteiger partial charge < -0.3 is 10.2 Å². The van der Waals surface area contributed by atoms with Gasteiger partial charge in [0.1, 0.15) is 5.69 Å². The summed E-state index contributed by atoms with van der Waals surface area (Å²) in [5, 5.41) is 2.99. The zero-order valence-electron chi connectivity index (χ0n) is 15.6. The van der Waals surface area contributed by atoms with Crippen LogP contribution < -0.4 is 5.32 Å². The Hall–Kier alpha value is -2.69. The quantitative estimate of drug-likeness (QED) is 0.905. The van der Waals surface area contributed by atoms with Gasteiger partial charge in [-0.2, -0.15) is 0 Å². The molecule has 1 fully saturated rings. The molecule has 1 aromatic heterocycles. The van der Waals surface area contributed by atoms with E-state index in [2.05, 4.69) is 24.1 Å². The summed E-state index contributed by atoms with van der Waals surface area (Å²) in [6, 6.07) is 9.25. The van der Waals surface area contributed by atoms with E-state index in [9.17, 15) is 9.59 Å². The van der Waals surface area contributed by atoms with Crippen molar-refractivity contribution in [3.63, 3.8) is 0 Å². The first-order valence-corrected chi connectivity index (χ1v) is 9.13. The van der Waals surface area contributed by atoms with Crippen molar-refractivity contribution < 1.29 is 9.59 Å². The van der Waals surface area contributed by atoms with Crippen molar-refractivity contribution in [3.8, 4) is 0 Å². The predicted octanol–water partition coefficient (Wildman–Crippen LogP) is 4.00. The molecule has 1 saturated heterocycles. The van der Waals surface area contributed by atoms with Gasteiger partial charge in [0, 0.05) is 30.5 Å². The van der Waals surface area contributed by atoms with Crippen LogP contribution in [0, 0.1) is 6.92 Å². The number of hydrogen-bond donors (Lipinski definition) is 1. The standard InChI is InChI=1S/C21H25N3O2/c1-14(2)17-8-6-7-15(3)19(17)23-20(25)18-13-16(9-10-22-18)21(26)24-11-4-5-12-24/h6-10,13-14H,4-5,11-12H2,1-3H3,(H,23,25). The average molecular weight is 351 g/mol. The molecule has 5 nitrogen and oxygen atoms in total. The number of pyridine rings is 1. The number of aromatic nitrogens is 1. The first-order valence-electron chi connectivity index (χ1n) is 9.13. The molecule has 2 amide bonds. The SMILES string of the molecule is Cc1cccc(C(C)C)c1NC(=O)c1cc(C(=O)N2CCCC2)ccn1. The molecule has 2 heterocycles. The van der Waals surface area contributed by atoms with Gasteiger partial charge in [-0.3, -0.25) is 14.6 Å².